The number of carbonyl (C=O) groups is 1. The maximum atomic E-state index is 12.7. The van der Waals surface area contributed by atoms with Crippen molar-refractivity contribution in [2.24, 2.45) is 13.0 Å². The van der Waals surface area contributed by atoms with Gasteiger partial charge in [-0.1, -0.05) is 31.1 Å². The molecule has 1 amide bonds. The number of nitrogens with one attached hydrogen (secondary N) is 1. The smallest absolute Gasteiger partial charge is 0.257 e. The quantitative estimate of drug-likeness (QED) is 0.798. The van der Waals surface area contributed by atoms with Crippen LogP contribution < -0.4 is 5.32 Å². The first kappa shape index (κ1) is 16.2. The largest absolute Gasteiger partial charge is 0.361 e. The Balaban J connectivity index is 1.98. The number of fused-ring (bicyclic) bond motifs is 1. The first-order chi connectivity index (χ1) is 11.4. The van der Waals surface area contributed by atoms with Crippen molar-refractivity contribution in [3.8, 4) is 0 Å². The molecule has 3 rings (SSSR count). The van der Waals surface area contributed by atoms with Crippen molar-refractivity contribution in [3.63, 3.8) is 0 Å². The van der Waals surface area contributed by atoms with Crippen LogP contribution in [0.1, 0.15) is 47.5 Å². The summed E-state index contributed by atoms with van der Waals surface area (Å²) in [6.45, 7) is 7.65. The molecule has 1 aromatic carbocycles. The second kappa shape index (κ2) is 6.11. The maximum absolute atomic E-state index is 12.7. The number of aromatic nitrogens is 3. The van der Waals surface area contributed by atoms with Gasteiger partial charge in [0.15, 0.2) is 0 Å². The number of aryl methyl sites for hydroxylation is 3. The highest BCUT2D eigenvalue weighted by molar-refractivity contribution is 5.96. The van der Waals surface area contributed by atoms with Gasteiger partial charge in [0.1, 0.15) is 17.1 Å². The van der Waals surface area contributed by atoms with Crippen LogP contribution in [0.25, 0.3) is 11.0 Å². The SMILES string of the molecule is Cc1noc(C)c1C(=O)N[C@H](c1nc2ccccc2n1C)C(C)C. The molecule has 1 atom stereocenters. The fraction of sp³-hybridized carbons (Fsp3) is 0.389. The highest BCUT2D eigenvalue weighted by Crippen LogP contribution is 2.25. The van der Waals surface area contributed by atoms with E-state index in [1.165, 1.54) is 0 Å². The van der Waals surface area contributed by atoms with E-state index in [2.05, 4.69) is 24.3 Å². The Hall–Kier alpha value is -2.63. The number of para-hydroxylation sites is 2. The molecule has 0 spiro atoms. The fourth-order valence-corrected chi connectivity index (χ4v) is 2.99. The molecule has 2 aromatic heterocycles. The van der Waals surface area contributed by atoms with Crippen LogP contribution in [0.2, 0.25) is 0 Å². The zero-order chi connectivity index (χ0) is 17.4. The average molecular weight is 326 g/mol. The van der Waals surface area contributed by atoms with Crippen molar-refractivity contribution in [3.05, 3.63) is 47.1 Å². The average Bonchev–Trinajstić information content (AvgIpc) is 3.05. The number of nitrogens with zero attached hydrogens (tertiary/aromatic N) is 3. The van der Waals surface area contributed by atoms with Crippen LogP contribution in [0, 0.1) is 19.8 Å². The van der Waals surface area contributed by atoms with Gasteiger partial charge in [-0.3, -0.25) is 4.79 Å². The zero-order valence-corrected chi connectivity index (χ0v) is 14.6. The van der Waals surface area contributed by atoms with E-state index >= 15 is 0 Å². The molecule has 0 aliphatic heterocycles. The van der Waals surface area contributed by atoms with Gasteiger partial charge in [-0.15, -0.1) is 0 Å². The van der Waals surface area contributed by atoms with Crippen LogP contribution in [0.3, 0.4) is 0 Å². The summed E-state index contributed by atoms with van der Waals surface area (Å²) in [7, 11) is 1.97. The molecule has 6 nitrogen and oxygen atoms in total. The molecule has 24 heavy (non-hydrogen) atoms. The number of benzene rings is 1. The first-order valence-electron chi connectivity index (χ1n) is 8.05. The van der Waals surface area contributed by atoms with Gasteiger partial charge in [-0.05, 0) is 31.9 Å². The van der Waals surface area contributed by atoms with E-state index in [1.54, 1.807) is 13.8 Å². The second-order valence-electron chi connectivity index (χ2n) is 6.41. The molecule has 0 saturated carbocycles. The lowest BCUT2D eigenvalue weighted by Crippen LogP contribution is -2.34. The third-order valence-corrected chi connectivity index (χ3v) is 4.31. The number of imidazole rings is 1. The minimum atomic E-state index is -0.205. The third kappa shape index (κ3) is 2.68. The monoisotopic (exact) mass is 326 g/mol. The lowest BCUT2D eigenvalue weighted by molar-refractivity contribution is 0.0920. The summed E-state index contributed by atoms with van der Waals surface area (Å²) in [5, 5.41) is 6.95. The highest BCUT2D eigenvalue weighted by Gasteiger charge is 2.26. The molecule has 1 N–H and O–H groups in total. The van der Waals surface area contributed by atoms with Gasteiger partial charge < -0.3 is 14.4 Å². The summed E-state index contributed by atoms with van der Waals surface area (Å²) in [5.41, 5.74) is 3.06. The minimum Gasteiger partial charge on any atom is -0.361 e. The van der Waals surface area contributed by atoms with Crippen LogP contribution in [-0.4, -0.2) is 20.6 Å². The molecule has 3 aromatic rings. The van der Waals surface area contributed by atoms with E-state index in [-0.39, 0.29) is 17.9 Å². The molecular weight excluding hydrogens is 304 g/mol. The topological polar surface area (TPSA) is 73.0 Å². The van der Waals surface area contributed by atoms with Gasteiger partial charge in [0, 0.05) is 7.05 Å². The van der Waals surface area contributed by atoms with E-state index in [1.807, 2.05) is 35.9 Å². The van der Waals surface area contributed by atoms with E-state index in [4.69, 9.17) is 9.51 Å². The van der Waals surface area contributed by atoms with Gasteiger partial charge in [0.05, 0.1) is 22.8 Å². The highest BCUT2D eigenvalue weighted by atomic mass is 16.5. The Bertz CT molecular complexity index is 872. The van der Waals surface area contributed by atoms with Crippen molar-refractivity contribution in [1.82, 2.24) is 20.0 Å². The fourth-order valence-electron chi connectivity index (χ4n) is 2.99. The Morgan fingerprint density at radius 3 is 2.54 bits per heavy atom. The summed E-state index contributed by atoms with van der Waals surface area (Å²) < 4.78 is 7.14. The normalized spacial score (nSPS) is 12.8. The molecule has 6 heteroatoms. The van der Waals surface area contributed by atoms with Gasteiger partial charge in [-0.2, -0.15) is 0 Å². The van der Waals surface area contributed by atoms with E-state index in [9.17, 15) is 4.79 Å². The zero-order valence-electron chi connectivity index (χ0n) is 14.6. The summed E-state index contributed by atoms with van der Waals surface area (Å²) in [6.07, 6.45) is 0. The lowest BCUT2D eigenvalue weighted by Gasteiger charge is -2.22. The molecule has 0 unspecified atom stereocenters. The van der Waals surface area contributed by atoms with Crippen LogP contribution in [0.15, 0.2) is 28.8 Å². The Kier molecular flexibility index (Phi) is 4.13. The summed E-state index contributed by atoms with van der Waals surface area (Å²) in [5.74, 6) is 1.37. The van der Waals surface area contributed by atoms with E-state index < -0.39 is 0 Å². The van der Waals surface area contributed by atoms with Crippen molar-refractivity contribution < 1.29 is 9.32 Å². The van der Waals surface area contributed by atoms with Crippen molar-refractivity contribution in [2.75, 3.05) is 0 Å². The standard InChI is InChI=1S/C18H22N4O2/c1-10(2)16(20-18(23)15-11(3)21-24-12(15)4)17-19-13-8-6-7-9-14(13)22(17)5/h6-10,16H,1-5H3,(H,20,23)/t16-/m0/s1. The van der Waals surface area contributed by atoms with Crippen molar-refractivity contribution in [2.45, 2.75) is 33.7 Å². The molecule has 0 fully saturated rings. The van der Waals surface area contributed by atoms with Gasteiger partial charge in [0.2, 0.25) is 0 Å². The molecule has 0 saturated heterocycles. The van der Waals surface area contributed by atoms with E-state index in [0.29, 0.717) is 17.0 Å². The second-order valence-corrected chi connectivity index (χ2v) is 6.41. The van der Waals surface area contributed by atoms with Gasteiger partial charge in [-0.25, -0.2) is 4.98 Å². The number of hydrogen-bond acceptors (Lipinski definition) is 4. The molecule has 0 aliphatic carbocycles. The number of carbonyl (C=O) groups excluding carboxylic acids is 1. The van der Waals surface area contributed by atoms with Crippen LogP contribution in [-0.2, 0) is 7.05 Å². The molecule has 0 bridgehead atoms. The van der Waals surface area contributed by atoms with E-state index in [0.717, 1.165) is 16.9 Å². The minimum absolute atomic E-state index is 0.183. The summed E-state index contributed by atoms with van der Waals surface area (Å²) in [6, 6.07) is 7.75. The maximum Gasteiger partial charge on any atom is 0.257 e. The number of rotatable bonds is 4. The lowest BCUT2D eigenvalue weighted by atomic mass is 10.0. The number of hydrogen-bond donors (Lipinski definition) is 1. The Morgan fingerprint density at radius 2 is 1.96 bits per heavy atom. The number of amides is 1. The third-order valence-electron chi connectivity index (χ3n) is 4.31. The van der Waals surface area contributed by atoms with Crippen LogP contribution in [0.4, 0.5) is 0 Å². The molecule has 0 radical (unpaired) electrons. The predicted octanol–water partition coefficient (Wildman–Crippen LogP) is 3.31. The molecule has 2 heterocycles. The van der Waals surface area contributed by atoms with Crippen LogP contribution in [0.5, 0.6) is 0 Å². The molecule has 0 aliphatic rings. The van der Waals surface area contributed by atoms with Crippen molar-refractivity contribution >= 4 is 16.9 Å². The van der Waals surface area contributed by atoms with Crippen LogP contribution >= 0.6 is 0 Å². The Labute approximate surface area is 140 Å². The summed E-state index contributed by atoms with van der Waals surface area (Å²) in [4.78, 5) is 17.4. The molecular formula is C18H22N4O2. The Morgan fingerprint density at radius 1 is 1.25 bits per heavy atom. The molecule has 126 valence electrons. The predicted molar refractivity (Wildman–Crippen MR) is 91.7 cm³/mol. The van der Waals surface area contributed by atoms with Crippen molar-refractivity contribution in [1.29, 1.82) is 0 Å². The van der Waals surface area contributed by atoms with Gasteiger partial charge >= 0.3 is 0 Å². The van der Waals surface area contributed by atoms with Gasteiger partial charge in [0.25, 0.3) is 5.91 Å². The summed E-state index contributed by atoms with van der Waals surface area (Å²) >= 11 is 0. The first-order valence-corrected chi connectivity index (χ1v) is 8.05.